The number of carbonyl (C=O) groups is 1. The highest BCUT2D eigenvalue weighted by atomic mass is 16.4. The summed E-state index contributed by atoms with van der Waals surface area (Å²) in [5.74, 6) is -0.762. The molecule has 5 heteroatoms. The highest BCUT2D eigenvalue weighted by Gasteiger charge is 2.23. The first-order valence-electron chi connectivity index (χ1n) is 4.01. The van der Waals surface area contributed by atoms with E-state index in [2.05, 4.69) is 0 Å². The van der Waals surface area contributed by atoms with Crippen LogP contribution in [0.5, 0.6) is 0 Å². The van der Waals surface area contributed by atoms with Gasteiger partial charge in [0.2, 0.25) is 0 Å². The van der Waals surface area contributed by atoms with Crippen molar-refractivity contribution >= 4 is 14.0 Å². The third-order valence-corrected chi connectivity index (χ3v) is 2.22. The summed E-state index contributed by atoms with van der Waals surface area (Å²) in [6, 6.07) is 0.0567. The molecule has 0 amide bonds. The summed E-state index contributed by atoms with van der Waals surface area (Å²) in [6.45, 7) is 2.30. The molecule has 1 saturated heterocycles. The molecule has 0 aromatic carbocycles. The van der Waals surface area contributed by atoms with Gasteiger partial charge in [0.1, 0.15) is 0 Å². The minimum atomic E-state index is -0.762. The minimum absolute atomic E-state index is 0.0567. The Balaban J connectivity index is 2.43. The van der Waals surface area contributed by atoms with Gasteiger partial charge in [-0.25, -0.2) is 0 Å². The van der Waals surface area contributed by atoms with E-state index in [0.717, 1.165) is 13.1 Å². The molecule has 0 aromatic heterocycles. The first-order valence-corrected chi connectivity index (χ1v) is 4.01. The molecule has 0 bridgehead atoms. The van der Waals surface area contributed by atoms with Crippen LogP contribution in [0.25, 0.3) is 0 Å². The zero-order valence-electron chi connectivity index (χ0n) is 7.23. The van der Waals surface area contributed by atoms with Crippen molar-refractivity contribution in [1.29, 1.82) is 0 Å². The van der Waals surface area contributed by atoms with Crippen molar-refractivity contribution in [1.82, 2.24) is 9.71 Å². The molecular weight excluding hydrogens is 155 g/mol. The Kier molecular flexibility index (Phi) is 3.11. The Morgan fingerprint density at radius 2 is 2.33 bits per heavy atom. The number of likely N-dealkylation sites (N-methyl/N-ethyl adjacent to an activating group) is 1. The first-order chi connectivity index (χ1) is 5.59. The molecule has 1 atom stereocenters. The number of rotatable bonds is 2. The van der Waals surface area contributed by atoms with Gasteiger partial charge in [0, 0.05) is 19.1 Å². The fourth-order valence-electron chi connectivity index (χ4n) is 1.39. The molecule has 0 saturated carbocycles. The molecule has 12 heavy (non-hydrogen) atoms. The number of hydrogen-bond donors (Lipinski definition) is 1. The van der Waals surface area contributed by atoms with Gasteiger partial charge in [-0.15, -0.1) is 0 Å². The predicted octanol–water partition coefficient (Wildman–Crippen LogP) is -0.839. The Labute approximate surface area is 73.6 Å². The lowest BCUT2D eigenvalue weighted by atomic mass is 10.1. The quantitative estimate of drug-likeness (QED) is 0.546. The standard InChI is InChI=1S/C7H13BN2O2/c1-9-2-3-10(8)5-6(9)4-7(11)12/h6H,2-5H2,1H3,(H,11,12). The van der Waals surface area contributed by atoms with E-state index in [-0.39, 0.29) is 12.5 Å². The third kappa shape index (κ3) is 2.50. The second-order valence-electron chi connectivity index (χ2n) is 3.23. The van der Waals surface area contributed by atoms with Crippen molar-refractivity contribution in [3.8, 4) is 0 Å². The number of carboxylic acid groups (broad SMARTS) is 1. The van der Waals surface area contributed by atoms with Gasteiger partial charge in [-0.1, -0.05) is 0 Å². The Hall–Kier alpha value is -0.545. The maximum atomic E-state index is 10.4. The van der Waals surface area contributed by atoms with Crippen LogP contribution in [0, 0.1) is 0 Å². The van der Waals surface area contributed by atoms with Crippen LogP contribution in [-0.2, 0) is 4.79 Å². The van der Waals surface area contributed by atoms with E-state index in [4.69, 9.17) is 13.1 Å². The van der Waals surface area contributed by atoms with Crippen molar-refractivity contribution in [3.05, 3.63) is 0 Å². The van der Waals surface area contributed by atoms with E-state index in [9.17, 15) is 4.79 Å². The molecule has 4 nitrogen and oxygen atoms in total. The molecule has 0 aliphatic carbocycles. The van der Waals surface area contributed by atoms with Crippen LogP contribution in [-0.4, -0.2) is 61.5 Å². The second-order valence-corrected chi connectivity index (χ2v) is 3.23. The lowest BCUT2D eigenvalue weighted by Gasteiger charge is -2.37. The molecule has 1 N–H and O–H groups in total. The van der Waals surface area contributed by atoms with E-state index in [1.54, 1.807) is 4.81 Å². The Morgan fingerprint density at radius 1 is 1.67 bits per heavy atom. The van der Waals surface area contributed by atoms with Crippen molar-refractivity contribution < 1.29 is 9.90 Å². The normalized spacial score (nSPS) is 27.2. The monoisotopic (exact) mass is 168 g/mol. The number of piperazine rings is 1. The largest absolute Gasteiger partial charge is 0.481 e. The number of carboxylic acids is 1. The van der Waals surface area contributed by atoms with Crippen molar-refractivity contribution in [3.63, 3.8) is 0 Å². The van der Waals surface area contributed by atoms with E-state index in [0.29, 0.717) is 6.54 Å². The summed E-state index contributed by atoms with van der Waals surface area (Å²) in [7, 11) is 7.51. The summed E-state index contributed by atoms with van der Waals surface area (Å²) in [6.07, 6.45) is 0.171. The Bertz CT molecular complexity index is 177. The molecule has 0 spiro atoms. The fraction of sp³-hybridized carbons (Fsp3) is 0.857. The molecule has 1 aliphatic heterocycles. The molecule has 66 valence electrons. The van der Waals surface area contributed by atoms with Crippen molar-refractivity contribution in [2.24, 2.45) is 0 Å². The van der Waals surface area contributed by atoms with Gasteiger partial charge in [0.25, 0.3) is 0 Å². The van der Waals surface area contributed by atoms with E-state index in [1.165, 1.54) is 0 Å². The topological polar surface area (TPSA) is 43.8 Å². The average molecular weight is 168 g/mol. The first kappa shape index (κ1) is 9.54. The third-order valence-electron chi connectivity index (χ3n) is 2.22. The molecule has 0 aromatic rings. The van der Waals surface area contributed by atoms with Crippen LogP contribution < -0.4 is 0 Å². The van der Waals surface area contributed by atoms with Crippen LogP contribution >= 0.6 is 0 Å². The van der Waals surface area contributed by atoms with Crippen LogP contribution in [0.3, 0.4) is 0 Å². The molecule has 1 fully saturated rings. The molecule has 2 radical (unpaired) electrons. The SMILES string of the molecule is [B]N1CCN(C)C(CC(=O)O)C1. The van der Waals surface area contributed by atoms with Crippen molar-refractivity contribution in [2.75, 3.05) is 26.7 Å². The lowest BCUT2D eigenvalue weighted by molar-refractivity contribution is -0.138. The van der Waals surface area contributed by atoms with Gasteiger partial charge in [0.05, 0.1) is 6.42 Å². The summed E-state index contributed by atoms with van der Waals surface area (Å²) in [4.78, 5) is 14.1. The summed E-state index contributed by atoms with van der Waals surface area (Å²) >= 11 is 0. The molecule has 1 heterocycles. The molecule has 1 rings (SSSR count). The van der Waals surface area contributed by atoms with Crippen LogP contribution in [0.1, 0.15) is 6.42 Å². The molecule has 1 aliphatic rings. The fourth-order valence-corrected chi connectivity index (χ4v) is 1.39. The van der Waals surface area contributed by atoms with Gasteiger partial charge in [-0.3, -0.25) is 4.79 Å². The maximum absolute atomic E-state index is 10.4. The highest BCUT2D eigenvalue weighted by molar-refractivity contribution is 6.04. The summed E-state index contributed by atoms with van der Waals surface area (Å²) in [5.41, 5.74) is 0. The predicted molar refractivity (Wildman–Crippen MR) is 46.0 cm³/mol. The van der Waals surface area contributed by atoms with E-state index < -0.39 is 5.97 Å². The molecule has 1 unspecified atom stereocenters. The Morgan fingerprint density at radius 3 is 2.92 bits per heavy atom. The van der Waals surface area contributed by atoms with E-state index >= 15 is 0 Å². The highest BCUT2D eigenvalue weighted by Crippen LogP contribution is 2.08. The lowest BCUT2D eigenvalue weighted by Crippen LogP contribution is -2.51. The van der Waals surface area contributed by atoms with Crippen molar-refractivity contribution in [2.45, 2.75) is 12.5 Å². The smallest absolute Gasteiger partial charge is 0.304 e. The summed E-state index contributed by atoms with van der Waals surface area (Å²) < 4.78 is 0. The average Bonchev–Trinajstić information content (AvgIpc) is 1.96. The molecular formula is C7H13BN2O2. The van der Waals surface area contributed by atoms with Gasteiger partial charge < -0.3 is 14.8 Å². The van der Waals surface area contributed by atoms with Gasteiger partial charge >= 0.3 is 5.97 Å². The van der Waals surface area contributed by atoms with Gasteiger partial charge in [-0.05, 0) is 13.6 Å². The summed E-state index contributed by atoms with van der Waals surface area (Å²) in [5, 5.41) is 8.58. The van der Waals surface area contributed by atoms with Crippen LogP contribution in [0.4, 0.5) is 0 Å². The van der Waals surface area contributed by atoms with Crippen LogP contribution in [0.2, 0.25) is 0 Å². The van der Waals surface area contributed by atoms with Gasteiger partial charge in [-0.2, -0.15) is 0 Å². The van der Waals surface area contributed by atoms with E-state index in [1.807, 2.05) is 11.9 Å². The second kappa shape index (κ2) is 3.91. The number of hydrogen-bond acceptors (Lipinski definition) is 3. The number of nitrogens with zero attached hydrogens (tertiary/aromatic N) is 2. The minimum Gasteiger partial charge on any atom is -0.481 e. The zero-order chi connectivity index (χ0) is 9.14. The zero-order valence-corrected chi connectivity index (χ0v) is 7.23. The maximum Gasteiger partial charge on any atom is 0.304 e. The van der Waals surface area contributed by atoms with Crippen LogP contribution in [0.15, 0.2) is 0 Å². The van der Waals surface area contributed by atoms with Gasteiger partial charge in [0.15, 0.2) is 7.98 Å². The number of aliphatic carboxylic acids is 1.